The first-order valence-corrected chi connectivity index (χ1v) is 9.30. The fourth-order valence-corrected chi connectivity index (χ4v) is 4.33. The Morgan fingerprint density at radius 1 is 1.19 bits per heavy atom. The lowest BCUT2D eigenvalue weighted by atomic mass is 10.1. The summed E-state index contributed by atoms with van der Waals surface area (Å²) >= 11 is 1.50. The summed E-state index contributed by atoms with van der Waals surface area (Å²) in [5.41, 5.74) is 2.97. The molecule has 0 unspecified atom stereocenters. The van der Waals surface area contributed by atoms with Crippen molar-refractivity contribution in [2.45, 2.75) is 6.67 Å². The van der Waals surface area contributed by atoms with Crippen molar-refractivity contribution in [1.82, 2.24) is 9.97 Å². The first-order valence-electron chi connectivity index (χ1n) is 8.49. The van der Waals surface area contributed by atoms with Crippen molar-refractivity contribution in [2.24, 2.45) is 0 Å². The highest BCUT2D eigenvalue weighted by Crippen LogP contribution is 2.44. The van der Waals surface area contributed by atoms with Crippen molar-refractivity contribution in [3.8, 4) is 27.8 Å². The molecule has 0 aliphatic carbocycles. The summed E-state index contributed by atoms with van der Waals surface area (Å²) in [5, 5.41) is 1.59. The lowest BCUT2D eigenvalue weighted by Crippen LogP contribution is -2.15. The second kappa shape index (κ2) is 6.35. The molecule has 0 saturated carbocycles. The van der Waals surface area contributed by atoms with Gasteiger partial charge in [0.15, 0.2) is 11.5 Å². The van der Waals surface area contributed by atoms with E-state index in [1.165, 1.54) is 11.3 Å². The van der Waals surface area contributed by atoms with Crippen LogP contribution in [0.4, 0.5) is 4.39 Å². The van der Waals surface area contributed by atoms with E-state index in [0.29, 0.717) is 24.5 Å². The molecule has 5 nitrogen and oxygen atoms in total. The molecule has 4 aromatic rings. The van der Waals surface area contributed by atoms with Crippen LogP contribution in [-0.4, -0.2) is 30.3 Å². The molecule has 0 spiro atoms. The maximum absolute atomic E-state index is 13.5. The van der Waals surface area contributed by atoms with Gasteiger partial charge in [-0.1, -0.05) is 0 Å². The zero-order chi connectivity index (χ0) is 18.4. The van der Waals surface area contributed by atoms with Crippen molar-refractivity contribution < 1.29 is 18.6 Å². The quantitative estimate of drug-likeness (QED) is 0.511. The smallest absolute Gasteiger partial charge is 0.180 e. The number of benzene rings is 2. The van der Waals surface area contributed by atoms with Crippen molar-refractivity contribution in [1.29, 1.82) is 0 Å². The van der Waals surface area contributed by atoms with Crippen LogP contribution in [0, 0.1) is 0 Å². The number of thiazole rings is 1. The molecule has 2 aromatic heterocycles. The first-order chi connectivity index (χ1) is 13.3. The second-order valence-electron chi connectivity index (χ2n) is 6.18. The Morgan fingerprint density at radius 2 is 2.07 bits per heavy atom. The molecule has 0 amide bonds. The van der Waals surface area contributed by atoms with Crippen LogP contribution in [0.5, 0.6) is 17.2 Å². The monoisotopic (exact) mass is 382 g/mol. The van der Waals surface area contributed by atoms with Crippen LogP contribution in [0.3, 0.4) is 0 Å². The minimum absolute atomic E-state index is 0.515. The number of hydrogen-bond acceptors (Lipinski definition) is 6. The van der Waals surface area contributed by atoms with E-state index in [1.807, 2.05) is 24.3 Å². The molecular weight excluding hydrogens is 367 g/mol. The minimum Gasteiger partial charge on any atom is -0.495 e. The lowest BCUT2D eigenvalue weighted by Gasteiger charge is -2.18. The van der Waals surface area contributed by atoms with Gasteiger partial charge in [0.05, 0.1) is 24.3 Å². The third kappa shape index (κ3) is 2.66. The van der Waals surface area contributed by atoms with Gasteiger partial charge in [0, 0.05) is 10.9 Å². The number of aromatic nitrogens is 2. The van der Waals surface area contributed by atoms with Gasteiger partial charge in [-0.3, -0.25) is 4.98 Å². The minimum atomic E-state index is -0.558. The number of pyridine rings is 1. The van der Waals surface area contributed by atoms with Gasteiger partial charge < -0.3 is 14.2 Å². The van der Waals surface area contributed by atoms with Gasteiger partial charge in [0.1, 0.15) is 35.3 Å². The topological polar surface area (TPSA) is 53.5 Å². The zero-order valence-corrected chi connectivity index (χ0v) is 15.3. The first kappa shape index (κ1) is 16.3. The SMILES string of the molecule is COc1cnc2c(-c3nc4ccc5c(c4s3)OCCO5)cc(CF)cc2c1. The summed E-state index contributed by atoms with van der Waals surface area (Å²) in [4.78, 5) is 9.27. The van der Waals surface area contributed by atoms with Crippen LogP contribution in [0.25, 0.3) is 31.7 Å². The molecule has 0 fully saturated rings. The molecule has 7 heteroatoms. The van der Waals surface area contributed by atoms with Crippen LogP contribution < -0.4 is 14.2 Å². The van der Waals surface area contributed by atoms with Crippen LogP contribution in [-0.2, 0) is 6.67 Å². The molecule has 1 aliphatic heterocycles. The summed E-state index contributed by atoms with van der Waals surface area (Å²) in [7, 11) is 1.58. The Labute approximate surface area is 158 Å². The summed E-state index contributed by atoms with van der Waals surface area (Å²) in [6.07, 6.45) is 1.66. The van der Waals surface area contributed by atoms with Gasteiger partial charge in [-0.2, -0.15) is 0 Å². The predicted octanol–water partition coefficient (Wildman–Crippen LogP) is 4.76. The number of ether oxygens (including phenoxy) is 3. The van der Waals surface area contributed by atoms with Crippen molar-refractivity contribution >= 4 is 32.5 Å². The van der Waals surface area contributed by atoms with Crippen molar-refractivity contribution in [3.63, 3.8) is 0 Å². The van der Waals surface area contributed by atoms with Crippen molar-refractivity contribution in [2.75, 3.05) is 20.3 Å². The van der Waals surface area contributed by atoms with E-state index in [0.717, 1.165) is 43.2 Å². The Bertz CT molecular complexity index is 1170. The van der Waals surface area contributed by atoms with Gasteiger partial charge in [-0.25, -0.2) is 9.37 Å². The third-order valence-electron chi connectivity index (χ3n) is 4.50. The number of rotatable bonds is 3. The van der Waals surface area contributed by atoms with E-state index in [1.54, 1.807) is 19.4 Å². The molecular formula is C20H15FN2O3S. The normalized spacial score (nSPS) is 13.3. The van der Waals surface area contributed by atoms with Gasteiger partial charge in [-0.05, 0) is 35.9 Å². The summed E-state index contributed by atoms with van der Waals surface area (Å²) in [6, 6.07) is 9.25. The molecule has 136 valence electrons. The number of methoxy groups -OCH3 is 1. The van der Waals surface area contributed by atoms with Crippen LogP contribution in [0.1, 0.15) is 5.56 Å². The fourth-order valence-electron chi connectivity index (χ4n) is 3.25. The highest BCUT2D eigenvalue weighted by Gasteiger charge is 2.20. The Balaban J connectivity index is 1.75. The zero-order valence-electron chi connectivity index (χ0n) is 14.5. The number of hydrogen-bond donors (Lipinski definition) is 0. The molecule has 1 aliphatic rings. The van der Waals surface area contributed by atoms with Crippen molar-refractivity contribution in [3.05, 3.63) is 42.1 Å². The summed E-state index contributed by atoms with van der Waals surface area (Å²) in [5.74, 6) is 2.09. The van der Waals surface area contributed by atoms with Gasteiger partial charge >= 0.3 is 0 Å². The predicted molar refractivity (Wildman–Crippen MR) is 103 cm³/mol. The average Bonchev–Trinajstić information content (AvgIpc) is 3.17. The molecule has 3 heterocycles. The standard InChI is InChI=1S/C20H15FN2O3S/c1-24-13-8-12-6-11(9-21)7-14(17(12)22-10-13)20-23-15-2-3-16-18(19(15)27-20)26-5-4-25-16/h2-3,6-8,10H,4-5,9H2,1H3. The molecule has 0 radical (unpaired) electrons. The maximum Gasteiger partial charge on any atom is 0.180 e. The molecule has 5 rings (SSSR count). The molecule has 2 aromatic carbocycles. The van der Waals surface area contributed by atoms with Gasteiger partial charge in [0.25, 0.3) is 0 Å². The van der Waals surface area contributed by atoms with E-state index in [2.05, 4.69) is 4.98 Å². The largest absolute Gasteiger partial charge is 0.495 e. The van der Waals surface area contributed by atoms with E-state index in [-0.39, 0.29) is 0 Å². The number of fused-ring (bicyclic) bond motifs is 4. The molecule has 0 N–H and O–H groups in total. The summed E-state index contributed by atoms with van der Waals surface area (Å²) < 4.78 is 31.1. The number of alkyl halides is 1. The molecule has 27 heavy (non-hydrogen) atoms. The van der Waals surface area contributed by atoms with E-state index in [9.17, 15) is 4.39 Å². The second-order valence-corrected chi connectivity index (χ2v) is 7.18. The molecule has 0 bridgehead atoms. The Kier molecular flexibility index (Phi) is 3.82. The highest BCUT2D eigenvalue weighted by molar-refractivity contribution is 7.22. The molecule has 0 atom stereocenters. The lowest BCUT2D eigenvalue weighted by molar-refractivity contribution is 0.174. The number of halogens is 1. The Hall–Kier alpha value is -2.93. The maximum atomic E-state index is 13.5. The van der Waals surface area contributed by atoms with E-state index in [4.69, 9.17) is 19.2 Å². The third-order valence-corrected chi connectivity index (χ3v) is 5.60. The Morgan fingerprint density at radius 3 is 2.93 bits per heavy atom. The van der Waals surface area contributed by atoms with E-state index >= 15 is 0 Å². The van der Waals surface area contributed by atoms with Crippen LogP contribution in [0.2, 0.25) is 0 Å². The van der Waals surface area contributed by atoms with E-state index < -0.39 is 6.67 Å². The van der Waals surface area contributed by atoms with Gasteiger partial charge in [0.2, 0.25) is 0 Å². The number of nitrogens with zero attached hydrogens (tertiary/aromatic N) is 2. The van der Waals surface area contributed by atoms with Crippen LogP contribution >= 0.6 is 11.3 Å². The fraction of sp³-hybridized carbons (Fsp3) is 0.200. The van der Waals surface area contributed by atoms with Gasteiger partial charge in [-0.15, -0.1) is 11.3 Å². The average molecular weight is 382 g/mol. The highest BCUT2D eigenvalue weighted by atomic mass is 32.1. The van der Waals surface area contributed by atoms with Crippen LogP contribution in [0.15, 0.2) is 36.5 Å². The molecule has 0 saturated heterocycles. The summed E-state index contributed by atoms with van der Waals surface area (Å²) in [6.45, 7) is 0.497.